The molecule has 0 saturated heterocycles. The van der Waals surface area contributed by atoms with E-state index < -0.39 is 18.0 Å². The van der Waals surface area contributed by atoms with Crippen molar-refractivity contribution in [2.45, 2.75) is 6.10 Å². The van der Waals surface area contributed by atoms with Gasteiger partial charge in [-0.05, 0) is 24.3 Å². The summed E-state index contributed by atoms with van der Waals surface area (Å²) in [6, 6.07) is 23.0. The standard InChI is InChI=1S/C25H19NO6/c1-30-18-11-7-10-17(14-18)26-24(28)23(16-8-3-2-4-9-16)32-25(29)22-15-20(27)19-12-5-6-13-21(19)31-22/h2-15,23H,1H3,(H,26,28). The van der Waals surface area contributed by atoms with E-state index >= 15 is 0 Å². The van der Waals surface area contributed by atoms with Crippen molar-refractivity contribution in [2.24, 2.45) is 0 Å². The number of anilines is 1. The highest BCUT2D eigenvalue weighted by Crippen LogP contribution is 2.24. The number of nitrogens with one attached hydrogen (secondary N) is 1. The predicted molar refractivity (Wildman–Crippen MR) is 119 cm³/mol. The number of esters is 1. The zero-order valence-electron chi connectivity index (χ0n) is 17.1. The third-order valence-electron chi connectivity index (χ3n) is 4.74. The number of rotatable bonds is 6. The van der Waals surface area contributed by atoms with Gasteiger partial charge in [-0.3, -0.25) is 9.59 Å². The van der Waals surface area contributed by atoms with Crippen LogP contribution in [0.1, 0.15) is 22.2 Å². The summed E-state index contributed by atoms with van der Waals surface area (Å²) in [5.41, 5.74) is 0.813. The minimum absolute atomic E-state index is 0.254. The fraction of sp³-hybridized carbons (Fsp3) is 0.0800. The molecule has 7 nitrogen and oxygen atoms in total. The minimum atomic E-state index is -1.27. The van der Waals surface area contributed by atoms with Gasteiger partial charge < -0.3 is 19.2 Å². The summed E-state index contributed by atoms with van der Waals surface area (Å²) < 4.78 is 16.2. The SMILES string of the molecule is COc1cccc(NC(=O)C(OC(=O)c2cc(=O)c3ccccc3o2)c2ccccc2)c1. The molecule has 0 aliphatic carbocycles. The monoisotopic (exact) mass is 429 g/mol. The molecule has 0 saturated carbocycles. The summed E-state index contributed by atoms with van der Waals surface area (Å²) in [5, 5.41) is 3.07. The van der Waals surface area contributed by atoms with Crippen molar-refractivity contribution in [3.8, 4) is 5.75 Å². The van der Waals surface area contributed by atoms with E-state index in [1.54, 1.807) is 78.9 Å². The lowest BCUT2D eigenvalue weighted by Crippen LogP contribution is -2.26. The molecular formula is C25H19NO6. The molecular weight excluding hydrogens is 410 g/mol. The van der Waals surface area contributed by atoms with Gasteiger partial charge in [-0.15, -0.1) is 0 Å². The van der Waals surface area contributed by atoms with E-state index in [0.717, 1.165) is 6.07 Å². The Kier molecular flexibility index (Phi) is 5.98. The Hall–Kier alpha value is -4.39. The lowest BCUT2D eigenvalue weighted by molar-refractivity contribution is -0.125. The summed E-state index contributed by atoms with van der Waals surface area (Å²) in [4.78, 5) is 38.2. The number of hydrogen-bond donors (Lipinski definition) is 1. The third kappa shape index (κ3) is 4.52. The fourth-order valence-electron chi connectivity index (χ4n) is 3.18. The molecule has 1 aromatic heterocycles. The zero-order valence-corrected chi connectivity index (χ0v) is 17.1. The number of amides is 1. The fourth-order valence-corrected chi connectivity index (χ4v) is 3.18. The Balaban J connectivity index is 1.63. The van der Waals surface area contributed by atoms with Crippen molar-refractivity contribution in [1.82, 2.24) is 0 Å². The van der Waals surface area contributed by atoms with Gasteiger partial charge in [0.2, 0.25) is 11.9 Å². The summed E-state index contributed by atoms with van der Waals surface area (Å²) in [6.45, 7) is 0. The molecule has 4 rings (SSSR count). The Morgan fingerprint density at radius 2 is 1.66 bits per heavy atom. The van der Waals surface area contributed by atoms with Gasteiger partial charge in [-0.1, -0.05) is 48.5 Å². The third-order valence-corrected chi connectivity index (χ3v) is 4.74. The second kappa shape index (κ2) is 9.18. The van der Waals surface area contributed by atoms with Crippen LogP contribution in [0.3, 0.4) is 0 Å². The highest BCUT2D eigenvalue weighted by molar-refractivity contribution is 5.98. The molecule has 0 aliphatic rings. The number of benzene rings is 3. The maximum absolute atomic E-state index is 13.0. The normalized spacial score (nSPS) is 11.5. The number of hydrogen-bond acceptors (Lipinski definition) is 6. The molecule has 1 N–H and O–H groups in total. The zero-order chi connectivity index (χ0) is 22.5. The molecule has 160 valence electrons. The molecule has 1 amide bonds. The average Bonchev–Trinajstić information content (AvgIpc) is 2.83. The largest absolute Gasteiger partial charge is 0.497 e. The van der Waals surface area contributed by atoms with Crippen molar-refractivity contribution in [1.29, 1.82) is 0 Å². The van der Waals surface area contributed by atoms with Crippen LogP contribution in [0, 0.1) is 0 Å². The van der Waals surface area contributed by atoms with Gasteiger partial charge in [0, 0.05) is 23.4 Å². The summed E-state index contributed by atoms with van der Waals surface area (Å²) in [6.07, 6.45) is -1.27. The van der Waals surface area contributed by atoms with Gasteiger partial charge in [-0.2, -0.15) is 0 Å². The molecule has 32 heavy (non-hydrogen) atoms. The molecule has 0 bridgehead atoms. The van der Waals surface area contributed by atoms with Gasteiger partial charge in [0.1, 0.15) is 11.3 Å². The van der Waals surface area contributed by atoms with Crippen LogP contribution in [0.25, 0.3) is 11.0 Å². The number of carbonyl (C=O) groups is 2. The van der Waals surface area contributed by atoms with E-state index in [4.69, 9.17) is 13.9 Å². The molecule has 0 radical (unpaired) electrons. The second-order valence-electron chi connectivity index (χ2n) is 6.89. The Labute approximate surface area is 183 Å². The Bertz CT molecular complexity index is 1330. The number of ether oxygens (including phenoxy) is 2. The topological polar surface area (TPSA) is 94.8 Å². The molecule has 7 heteroatoms. The van der Waals surface area contributed by atoms with E-state index in [1.807, 2.05) is 0 Å². The first-order valence-electron chi connectivity index (χ1n) is 9.79. The lowest BCUT2D eigenvalue weighted by Gasteiger charge is -2.18. The van der Waals surface area contributed by atoms with Gasteiger partial charge in [0.15, 0.2) is 5.43 Å². The molecule has 1 heterocycles. The molecule has 3 aromatic carbocycles. The van der Waals surface area contributed by atoms with E-state index in [1.165, 1.54) is 7.11 Å². The number of fused-ring (bicyclic) bond motifs is 1. The van der Waals surface area contributed by atoms with Crippen LogP contribution in [-0.4, -0.2) is 19.0 Å². The number of methoxy groups -OCH3 is 1. The molecule has 4 aromatic rings. The van der Waals surface area contributed by atoms with Gasteiger partial charge in [0.05, 0.1) is 12.5 Å². The van der Waals surface area contributed by atoms with Gasteiger partial charge in [0.25, 0.3) is 5.91 Å². The van der Waals surface area contributed by atoms with Crippen LogP contribution in [-0.2, 0) is 9.53 Å². The lowest BCUT2D eigenvalue weighted by atomic mass is 10.1. The first-order valence-corrected chi connectivity index (χ1v) is 9.79. The van der Waals surface area contributed by atoms with E-state index in [2.05, 4.69) is 5.32 Å². The van der Waals surface area contributed by atoms with Crippen LogP contribution >= 0.6 is 0 Å². The molecule has 0 fully saturated rings. The maximum atomic E-state index is 13.0. The molecule has 0 spiro atoms. The van der Waals surface area contributed by atoms with Crippen LogP contribution in [0.4, 0.5) is 5.69 Å². The Morgan fingerprint density at radius 3 is 2.44 bits per heavy atom. The first-order chi connectivity index (χ1) is 15.5. The highest BCUT2D eigenvalue weighted by atomic mass is 16.6. The van der Waals surface area contributed by atoms with E-state index in [0.29, 0.717) is 22.4 Å². The average molecular weight is 429 g/mol. The predicted octanol–water partition coefficient (Wildman–Crippen LogP) is 4.34. The van der Waals surface area contributed by atoms with Crippen LogP contribution < -0.4 is 15.5 Å². The maximum Gasteiger partial charge on any atom is 0.375 e. The minimum Gasteiger partial charge on any atom is -0.497 e. The van der Waals surface area contributed by atoms with E-state index in [9.17, 15) is 14.4 Å². The van der Waals surface area contributed by atoms with Crippen LogP contribution in [0.2, 0.25) is 0 Å². The second-order valence-corrected chi connectivity index (χ2v) is 6.89. The van der Waals surface area contributed by atoms with Crippen molar-refractivity contribution in [2.75, 3.05) is 12.4 Å². The number of carbonyl (C=O) groups excluding carboxylic acids is 2. The summed E-state index contributed by atoms with van der Waals surface area (Å²) in [5.74, 6) is -1.22. The van der Waals surface area contributed by atoms with Gasteiger partial charge in [-0.25, -0.2) is 4.79 Å². The van der Waals surface area contributed by atoms with Gasteiger partial charge >= 0.3 is 5.97 Å². The van der Waals surface area contributed by atoms with E-state index in [-0.39, 0.29) is 16.8 Å². The highest BCUT2D eigenvalue weighted by Gasteiger charge is 2.27. The Morgan fingerprint density at radius 1 is 0.906 bits per heavy atom. The van der Waals surface area contributed by atoms with Crippen LogP contribution in [0.15, 0.2) is 94.1 Å². The molecule has 0 aliphatic heterocycles. The quantitative estimate of drug-likeness (QED) is 0.458. The summed E-state index contributed by atoms with van der Waals surface area (Å²) >= 11 is 0. The number of para-hydroxylation sites is 1. The summed E-state index contributed by atoms with van der Waals surface area (Å²) in [7, 11) is 1.52. The van der Waals surface area contributed by atoms with Crippen molar-refractivity contribution >= 4 is 28.5 Å². The molecule has 1 atom stereocenters. The van der Waals surface area contributed by atoms with Crippen LogP contribution in [0.5, 0.6) is 5.75 Å². The van der Waals surface area contributed by atoms with Crippen molar-refractivity contribution in [3.63, 3.8) is 0 Å². The first kappa shape index (κ1) is 20.9. The van der Waals surface area contributed by atoms with Crippen molar-refractivity contribution in [3.05, 3.63) is 106 Å². The smallest absolute Gasteiger partial charge is 0.375 e. The van der Waals surface area contributed by atoms with Crippen molar-refractivity contribution < 1.29 is 23.5 Å². The molecule has 1 unspecified atom stereocenters.